The summed E-state index contributed by atoms with van der Waals surface area (Å²) in [5.41, 5.74) is 4.32. The van der Waals surface area contributed by atoms with Crippen LogP contribution in [0.15, 0.2) is 42.6 Å². The van der Waals surface area contributed by atoms with Crippen molar-refractivity contribution in [2.75, 3.05) is 31.1 Å². The van der Waals surface area contributed by atoms with E-state index in [1.54, 1.807) is 0 Å². The number of piperidine rings is 1. The molecule has 1 aromatic heterocycles. The quantitative estimate of drug-likeness (QED) is 0.851. The van der Waals surface area contributed by atoms with Crippen LogP contribution in [-0.4, -0.2) is 41.2 Å². The summed E-state index contributed by atoms with van der Waals surface area (Å²) in [6.07, 6.45) is 7.86. The zero-order valence-electron chi connectivity index (χ0n) is 17.6. The number of benzene rings is 1. The number of pyridine rings is 1. The summed E-state index contributed by atoms with van der Waals surface area (Å²) in [5.74, 6) is 0.546. The fraction of sp³-hybridized carbons (Fsp3) is 0.560. The van der Waals surface area contributed by atoms with Gasteiger partial charge in [0.2, 0.25) is 0 Å². The second-order valence-electron chi connectivity index (χ2n) is 9.37. The molecule has 1 aromatic carbocycles. The van der Waals surface area contributed by atoms with E-state index in [1.807, 2.05) is 24.4 Å². The second-order valence-corrected chi connectivity index (χ2v) is 9.37. The van der Waals surface area contributed by atoms with Gasteiger partial charge >= 0.3 is 0 Å². The molecule has 2 aromatic rings. The molecule has 0 radical (unpaired) electrons. The van der Waals surface area contributed by atoms with Crippen LogP contribution in [0.4, 0.5) is 5.69 Å². The molecule has 4 nitrogen and oxygen atoms in total. The van der Waals surface area contributed by atoms with Crippen LogP contribution in [0.2, 0.25) is 0 Å². The SMILES string of the molecule is Cc1cc(CN2CC3CCCC(C2)C3(O)c2ccccn2)ccc1N1CCCC1. The van der Waals surface area contributed by atoms with E-state index in [1.165, 1.54) is 49.2 Å². The van der Waals surface area contributed by atoms with Crippen molar-refractivity contribution in [3.8, 4) is 0 Å². The van der Waals surface area contributed by atoms with Gasteiger partial charge in [0.25, 0.3) is 0 Å². The first-order valence-corrected chi connectivity index (χ1v) is 11.4. The van der Waals surface area contributed by atoms with E-state index in [0.29, 0.717) is 0 Å². The third kappa shape index (κ3) is 3.47. The van der Waals surface area contributed by atoms with E-state index in [-0.39, 0.29) is 11.8 Å². The predicted molar refractivity (Wildman–Crippen MR) is 117 cm³/mol. The van der Waals surface area contributed by atoms with Gasteiger partial charge in [-0.2, -0.15) is 0 Å². The average Bonchev–Trinajstić information content (AvgIpc) is 3.24. The molecule has 2 aliphatic heterocycles. The zero-order valence-corrected chi connectivity index (χ0v) is 17.6. The molecule has 3 fully saturated rings. The normalized spacial score (nSPS) is 29.9. The zero-order chi connectivity index (χ0) is 19.8. The number of rotatable bonds is 4. The fourth-order valence-corrected chi connectivity index (χ4v) is 6.08. The molecule has 1 saturated carbocycles. The molecule has 0 spiro atoms. The lowest BCUT2D eigenvalue weighted by atomic mass is 9.64. The Morgan fingerprint density at radius 1 is 1.03 bits per heavy atom. The number of likely N-dealkylation sites (tertiary alicyclic amines) is 1. The molecular weight excluding hydrogens is 358 g/mol. The highest BCUT2D eigenvalue weighted by molar-refractivity contribution is 5.55. The van der Waals surface area contributed by atoms with E-state index >= 15 is 0 Å². The largest absolute Gasteiger partial charge is 0.383 e. The van der Waals surface area contributed by atoms with Gasteiger partial charge in [0, 0.05) is 56.4 Å². The number of fused-ring (bicyclic) bond motifs is 2. The van der Waals surface area contributed by atoms with Crippen molar-refractivity contribution in [1.29, 1.82) is 0 Å². The molecule has 1 N–H and O–H groups in total. The molecule has 5 rings (SSSR count). The van der Waals surface area contributed by atoms with Crippen molar-refractivity contribution in [2.45, 2.75) is 51.2 Å². The molecular formula is C25H33N3O. The van der Waals surface area contributed by atoms with Gasteiger partial charge in [-0.15, -0.1) is 0 Å². The summed E-state index contributed by atoms with van der Waals surface area (Å²) >= 11 is 0. The number of hydrogen-bond acceptors (Lipinski definition) is 4. The Kier molecular flexibility index (Phi) is 5.09. The van der Waals surface area contributed by atoms with E-state index in [0.717, 1.165) is 38.2 Å². The van der Waals surface area contributed by atoms with Crippen LogP contribution in [-0.2, 0) is 12.1 Å². The third-order valence-corrected chi connectivity index (χ3v) is 7.50. The van der Waals surface area contributed by atoms with Gasteiger partial charge in [-0.05, 0) is 61.9 Å². The molecule has 2 unspecified atom stereocenters. The Balaban J connectivity index is 1.32. The molecule has 2 bridgehead atoms. The highest BCUT2D eigenvalue weighted by Crippen LogP contribution is 2.48. The Labute approximate surface area is 174 Å². The number of aryl methyl sites for hydroxylation is 1. The molecule has 2 saturated heterocycles. The van der Waals surface area contributed by atoms with Crippen molar-refractivity contribution < 1.29 is 5.11 Å². The molecule has 2 atom stereocenters. The van der Waals surface area contributed by atoms with E-state index < -0.39 is 5.60 Å². The molecule has 29 heavy (non-hydrogen) atoms. The summed E-state index contributed by atoms with van der Waals surface area (Å²) in [4.78, 5) is 9.64. The van der Waals surface area contributed by atoms with Gasteiger partial charge in [-0.25, -0.2) is 0 Å². The van der Waals surface area contributed by atoms with Gasteiger partial charge in [-0.3, -0.25) is 9.88 Å². The summed E-state index contributed by atoms with van der Waals surface area (Å²) in [6.45, 7) is 7.53. The Morgan fingerprint density at radius 3 is 2.45 bits per heavy atom. The van der Waals surface area contributed by atoms with Crippen molar-refractivity contribution >= 4 is 5.69 Å². The number of aromatic nitrogens is 1. The summed E-state index contributed by atoms with van der Waals surface area (Å²) in [5, 5.41) is 11.7. The van der Waals surface area contributed by atoms with Crippen LogP contribution >= 0.6 is 0 Å². The Bertz CT molecular complexity index is 832. The minimum Gasteiger partial charge on any atom is -0.383 e. The standard InChI is InChI=1S/C25H33N3O/c1-19-15-20(10-11-23(19)28-13-4-5-14-28)16-27-17-21-7-6-8-22(18-27)25(21,29)24-9-2-3-12-26-24/h2-3,9-12,15,21-22,29H,4-8,13-14,16-18H2,1H3. The second kappa shape index (κ2) is 7.73. The number of hydrogen-bond donors (Lipinski definition) is 1. The van der Waals surface area contributed by atoms with Crippen LogP contribution in [0.3, 0.4) is 0 Å². The van der Waals surface area contributed by atoms with Crippen LogP contribution in [0.25, 0.3) is 0 Å². The fourth-order valence-electron chi connectivity index (χ4n) is 6.08. The molecule has 3 heterocycles. The lowest BCUT2D eigenvalue weighted by Gasteiger charge is -2.52. The minimum atomic E-state index is -0.758. The highest BCUT2D eigenvalue weighted by atomic mass is 16.3. The van der Waals surface area contributed by atoms with Crippen molar-refractivity contribution in [2.24, 2.45) is 11.8 Å². The molecule has 3 aliphatic rings. The Hall–Kier alpha value is -1.91. The maximum absolute atomic E-state index is 11.7. The smallest absolute Gasteiger partial charge is 0.114 e. The highest BCUT2D eigenvalue weighted by Gasteiger charge is 2.52. The van der Waals surface area contributed by atoms with Gasteiger partial charge in [0.1, 0.15) is 5.60 Å². The first-order chi connectivity index (χ1) is 14.1. The topological polar surface area (TPSA) is 39.6 Å². The predicted octanol–water partition coefficient (Wildman–Crippen LogP) is 4.11. The lowest BCUT2D eigenvalue weighted by molar-refractivity contribution is -0.151. The maximum atomic E-state index is 11.7. The molecule has 154 valence electrons. The number of anilines is 1. The first kappa shape index (κ1) is 19.1. The number of nitrogens with zero attached hydrogens (tertiary/aromatic N) is 3. The van der Waals surface area contributed by atoms with Gasteiger partial charge in [-0.1, -0.05) is 24.6 Å². The summed E-state index contributed by atoms with van der Waals surface area (Å²) < 4.78 is 0. The minimum absolute atomic E-state index is 0.273. The van der Waals surface area contributed by atoms with Crippen LogP contribution in [0.1, 0.15) is 48.9 Å². The van der Waals surface area contributed by atoms with Crippen LogP contribution in [0.5, 0.6) is 0 Å². The molecule has 1 aliphatic carbocycles. The van der Waals surface area contributed by atoms with E-state index in [4.69, 9.17) is 0 Å². The van der Waals surface area contributed by atoms with Gasteiger partial charge < -0.3 is 10.0 Å². The van der Waals surface area contributed by atoms with Crippen LogP contribution < -0.4 is 4.90 Å². The lowest BCUT2D eigenvalue weighted by Crippen LogP contribution is -2.58. The van der Waals surface area contributed by atoms with Crippen LogP contribution in [0, 0.1) is 18.8 Å². The molecule has 0 amide bonds. The number of aliphatic hydroxyl groups is 1. The van der Waals surface area contributed by atoms with Crippen molar-refractivity contribution in [1.82, 2.24) is 9.88 Å². The summed E-state index contributed by atoms with van der Waals surface area (Å²) in [6, 6.07) is 13.0. The van der Waals surface area contributed by atoms with Gasteiger partial charge in [0.15, 0.2) is 0 Å². The molecule has 4 heteroatoms. The van der Waals surface area contributed by atoms with E-state index in [9.17, 15) is 5.11 Å². The maximum Gasteiger partial charge on any atom is 0.114 e. The monoisotopic (exact) mass is 391 g/mol. The van der Waals surface area contributed by atoms with Gasteiger partial charge in [0.05, 0.1) is 5.69 Å². The van der Waals surface area contributed by atoms with E-state index in [2.05, 4.69) is 39.9 Å². The van der Waals surface area contributed by atoms with Crippen molar-refractivity contribution in [3.05, 3.63) is 59.4 Å². The average molecular weight is 392 g/mol. The third-order valence-electron chi connectivity index (χ3n) is 7.50. The summed E-state index contributed by atoms with van der Waals surface area (Å²) in [7, 11) is 0. The first-order valence-electron chi connectivity index (χ1n) is 11.4. The Morgan fingerprint density at radius 2 is 1.79 bits per heavy atom. The van der Waals surface area contributed by atoms with Crippen molar-refractivity contribution in [3.63, 3.8) is 0 Å².